The highest BCUT2D eigenvalue weighted by molar-refractivity contribution is 7.97. The normalized spacial score (nSPS) is 23.4. The number of furan rings is 1. The summed E-state index contributed by atoms with van der Waals surface area (Å²) in [4.78, 5) is 14.4. The molecule has 0 spiro atoms. The quantitative estimate of drug-likeness (QED) is 0.851. The maximum Gasteiger partial charge on any atom is 0.289 e. The molecule has 0 aliphatic carbocycles. The summed E-state index contributed by atoms with van der Waals surface area (Å²) in [5.41, 5.74) is 0.999. The lowest BCUT2D eigenvalue weighted by molar-refractivity contribution is -0.0631. The number of nitrogens with zero attached hydrogens (tertiary/aromatic N) is 4. The number of rotatable bonds is 3. The largest absolute Gasteiger partial charge is 0.455 e. The summed E-state index contributed by atoms with van der Waals surface area (Å²) in [6, 6.07) is 3.79. The third-order valence-electron chi connectivity index (χ3n) is 4.38. The molecule has 1 fully saturated rings. The molecule has 0 saturated carbocycles. The number of piperidine rings is 1. The highest BCUT2D eigenvalue weighted by Gasteiger charge is 2.38. The fourth-order valence-corrected chi connectivity index (χ4v) is 3.68. The molecule has 7 nitrogen and oxygen atoms in total. The van der Waals surface area contributed by atoms with Gasteiger partial charge >= 0.3 is 0 Å². The van der Waals surface area contributed by atoms with Gasteiger partial charge in [0.05, 0.1) is 36.4 Å². The van der Waals surface area contributed by atoms with Crippen LogP contribution in [0.25, 0.3) is 0 Å². The van der Waals surface area contributed by atoms with Gasteiger partial charge in [-0.3, -0.25) is 4.79 Å². The van der Waals surface area contributed by atoms with Crippen molar-refractivity contribution in [3.05, 3.63) is 35.5 Å². The van der Waals surface area contributed by atoms with Crippen LogP contribution in [0.4, 0.5) is 0 Å². The van der Waals surface area contributed by atoms with E-state index >= 15 is 0 Å². The summed E-state index contributed by atoms with van der Waals surface area (Å²) in [6.07, 6.45) is 4.52. The van der Waals surface area contributed by atoms with E-state index in [1.165, 1.54) is 0 Å². The summed E-state index contributed by atoms with van der Waals surface area (Å²) in [7, 11) is 0. The Kier molecular flexibility index (Phi) is 3.86. The zero-order chi connectivity index (χ0) is 15.8. The van der Waals surface area contributed by atoms with Crippen LogP contribution in [0, 0.1) is 0 Å². The lowest BCUT2D eigenvalue weighted by Gasteiger charge is -2.40. The van der Waals surface area contributed by atoms with E-state index in [1.54, 1.807) is 24.0 Å². The molecule has 0 aromatic carbocycles. The van der Waals surface area contributed by atoms with Gasteiger partial charge in [0.2, 0.25) is 0 Å². The van der Waals surface area contributed by atoms with Crippen LogP contribution in [0.3, 0.4) is 0 Å². The monoisotopic (exact) mass is 334 g/mol. The van der Waals surface area contributed by atoms with Crippen molar-refractivity contribution >= 4 is 17.7 Å². The van der Waals surface area contributed by atoms with Crippen LogP contribution < -0.4 is 0 Å². The number of fused-ring (bicyclic) bond motifs is 3. The average Bonchev–Trinajstić information content (AvgIpc) is 3.23. The molecule has 2 atom stereocenters. The molecule has 0 N–H and O–H groups in total. The fraction of sp³-hybridized carbons (Fsp3) is 0.533. The van der Waals surface area contributed by atoms with Crippen LogP contribution >= 0.6 is 11.8 Å². The lowest BCUT2D eigenvalue weighted by atomic mass is 10.00. The van der Waals surface area contributed by atoms with Gasteiger partial charge in [-0.1, -0.05) is 5.21 Å². The topological polar surface area (TPSA) is 73.4 Å². The van der Waals surface area contributed by atoms with Gasteiger partial charge < -0.3 is 14.1 Å². The molecular weight excluding hydrogens is 316 g/mol. The van der Waals surface area contributed by atoms with Crippen molar-refractivity contribution in [2.45, 2.75) is 30.9 Å². The summed E-state index contributed by atoms with van der Waals surface area (Å²) < 4.78 is 13.5. The number of amides is 1. The third kappa shape index (κ3) is 2.66. The van der Waals surface area contributed by atoms with Crippen LogP contribution in [0.1, 0.15) is 34.5 Å². The second-order valence-electron chi connectivity index (χ2n) is 5.83. The van der Waals surface area contributed by atoms with Crippen molar-refractivity contribution in [2.75, 3.05) is 19.3 Å². The number of hydrogen-bond acceptors (Lipinski definition) is 6. The first-order chi connectivity index (χ1) is 11.3. The Bertz CT molecular complexity index is 713. The number of ether oxygens (including phenoxy) is 1. The first-order valence-corrected chi connectivity index (χ1v) is 9.03. The maximum absolute atomic E-state index is 12.6. The molecule has 0 radical (unpaired) electrons. The summed E-state index contributed by atoms with van der Waals surface area (Å²) in [5, 5.41) is 8.11. The van der Waals surface area contributed by atoms with Gasteiger partial charge in [0.15, 0.2) is 5.76 Å². The second kappa shape index (κ2) is 6.01. The predicted molar refractivity (Wildman–Crippen MR) is 84.1 cm³/mol. The first kappa shape index (κ1) is 14.8. The Balaban J connectivity index is 1.47. The first-order valence-electron chi connectivity index (χ1n) is 7.64. The lowest BCUT2D eigenvalue weighted by Crippen LogP contribution is -2.50. The van der Waals surface area contributed by atoms with E-state index in [1.807, 2.05) is 21.9 Å². The van der Waals surface area contributed by atoms with E-state index < -0.39 is 0 Å². The molecule has 4 rings (SSSR count). The van der Waals surface area contributed by atoms with Crippen LogP contribution in [0.15, 0.2) is 22.7 Å². The van der Waals surface area contributed by atoms with Crippen molar-refractivity contribution in [3.63, 3.8) is 0 Å². The standard InChI is InChI=1S/C15H18N4O3S/c1-23-9-11-2-3-13(22-11)15(20)18-5-4-12-14(7-18)21-8-10-6-16-17-19(10)12/h2-3,6,12,14H,4-5,7-9H2,1H3/t12-,14-/m0/s1. The minimum Gasteiger partial charge on any atom is -0.455 e. The van der Waals surface area contributed by atoms with E-state index in [0.717, 1.165) is 23.6 Å². The summed E-state index contributed by atoms with van der Waals surface area (Å²) in [5.74, 6) is 1.95. The van der Waals surface area contributed by atoms with Crippen molar-refractivity contribution in [1.29, 1.82) is 0 Å². The van der Waals surface area contributed by atoms with Crippen molar-refractivity contribution in [2.24, 2.45) is 0 Å². The number of carbonyl (C=O) groups is 1. The van der Waals surface area contributed by atoms with Gasteiger partial charge in [-0.15, -0.1) is 5.10 Å². The molecular formula is C15H18N4O3S. The van der Waals surface area contributed by atoms with Crippen LogP contribution in [-0.2, 0) is 17.1 Å². The second-order valence-corrected chi connectivity index (χ2v) is 6.69. The van der Waals surface area contributed by atoms with Gasteiger partial charge in [0.25, 0.3) is 5.91 Å². The van der Waals surface area contributed by atoms with Gasteiger partial charge in [0, 0.05) is 13.1 Å². The van der Waals surface area contributed by atoms with Crippen molar-refractivity contribution in [1.82, 2.24) is 19.9 Å². The molecule has 1 saturated heterocycles. The number of carbonyl (C=O) groups excluding carboxylic acids is 1. The smallest absolute Gasteiger partial charge is 0.289 e. The fourth-order valence-electron chi connectivity index (χ4n) is 3.24. The molecule has 2 aromatic rings. The number of hydrogen-bond donors (Lipinski definition) is 0. The Morgan fingerprint density at radius 1 is 1.48 bits per heavy atom. The average molecular weight is 334 g/mol. The number of aromatic nitrogens is 3. The number of thioether (sulfide) groups is 1. The predicted octanol–water partition coefficient (Wildman–Crippen LogP) is 1.72. The van der Waals surface area contributed by atoms with Gasteiger partial charge in [-0.25, -0.2) is 4.68 Å². The highest BCUT2D eigenvalue weighted by Crippen LogP contribution is 2.31. The van der Waals surface area contributed by atoms with Crippen LogP contribution in [-0.4, -0.2) is 51.3 Å². The maximum atomic E-state index is 12.6. The Labute approximate surface area is 138 Å². The SMILES string of the molecule is CSCc1ccc(C(=O)N2CC[C@H]3[C@H](C2)OCc2cnnn23)o1. The zero-order valence-electron chi connectivity index (χ0n) is 12.8. The molecule has 23 heavy (non-hydrogen) atoms. The minimum absolute atomic E-state index is 0.0393. The van der Waals surface area contributed by atoms with Gasteiger partial charge in [-0.05, 0) is 24.8 Å². The molecule has 8 heteroatoms. The van der Waals surface area contributed by atoms with Gasteiger partial charge in [0.1, 0.15) is 5.76 Å². The van der Waals surface area contributed by atoms with E-state index in [4.69, 9.17) is 9.15 Å². The molecule has 4 heterocycles. The highest BCUT2D eigenvalue weighted by atomic mass is 32.2. The van der Waals surface area contributed by atoms with Crippen LogP contribution in [0.2, 0.25) is 0 Å². The van der Waals surface area contributed by atoms with Gasteiger partial charge in [-0.2, -0.15) is 11.8 Å². The molecule has 1 amide bonds. The van der Waals surface area contributed by atoms with Crippen molar-refractivity contribution in [3.8, 4) is 0 Å². The van der Waals surface area contributed by atoms with E-state index in [-0.39, 0.29) is 18.1 Å². The number of likely N-dealkylation sites (tertiary alicyclic amines) is 1. The van der Waals surface area contributed by atoms with E-state index in [2.05, 4.69) is 10.3 Å². The molecule has 0 bridgehead atoms. The molecule has 0 unspecified atom stereocenters. The third-order valence-corrected chi connectivity index (χ3v) is 4.95. The Hall–Kier alpha value is -1.80. The molecule has 2 aliphatic heterocycles. The van der Waals surface area contributed by atoms with Crippen LogP contribution in [0.5, 0.6) is 0 Å². The Morgan fingerprint density at radius 3 is 3.26 bits per heavy atom. The summed E-state index contributed by atoms with van der Waals surface area (Å²) >= 11 is 1.67. The molecule has 122 valence electrons. The molecule has 2 aromatic heterocycles. The Morgan fingerprint density at radius 2 is 2.39 bits per heavy atom. The van der Waals surface area contributed by atoms with Crippen molar-refractivity contribution < 1.29 is 13.9 Å². The minimum atomic E-state index is -0.0659. The molecule has 2 aliphatic rings. The zero-order valence-corrected chi connectivity index (χ0v) is 13.7. The van der Waals surface area contributed by atoms with E-state index in [0.29, 0.717) is 25.5 Å². The van der Waals surface area contributed by atoms with E-state index in [9.17, 15) is 4.79 Å². The summed E-state index contributed by atoms with van der Waals surface area (Å²) in [6.45, 7) is 1.72.